The van der Waals surface area contributed by atoms with Gasteiger partial charge in [0.2, 0.25) is 0 Å². The van der Waals surface area contributed by atoms with Gasteiger partial charge in [-0.15, -0.1) is 0 Å². The molecule has 0 aliphatic carbocycles. The molecule has 2 saturated heterocycles. The molecule has 0 unspecified atom stereocenters. The number of carbonyl (C=O) groups excluding carboxylic acids is 2. The fourth-order valence-corrected chi connectivity index (χ4v) is 4.02. The van der Waals surface area contributed by atoms with Gasteiger partial charge in [-0.3, -0.25) is 9.59 Å². The highest BCUT2D eigenvalue weighted by Crippen LogP contribution is 2.23. The van der Waals surface area contributed by atoms with E-state index in [0.29, 0.717) is 30.3 Å². The van der Waals surface area contributed by atoms with Crippen LogP contribution in [0, 0.1) is 5.92 Å². The van der Waals surface area contributed by atoms with E-state index in [0.717, 1.165) is 38.8 Å². The van der Waals surface area contributed by atoms with Crippen molar-refractivity contribution in [1.29, 1.82) is 0 Å². The Kier molecular flexibility index (Phi) is 6.72. The van der Waals surface area contributed by atoms with Crippen LogP contribution in [0.4, 0.5) is 0 Å². The van der Waals surface area contributed by atoms with Crippen molar-refractivity contribution < 1.29 is 14.3 Å². The number of piperidine rings is 1. The van der Waals surface area contributed by atoms with Gasteiger partial charge in [0.15, 0.2) is 6.61 Å². The molecule has 148 valence electrons. The van der Waals surface area contributed by atoms with Crippen LogP contribution in [0.25, 0.3) is 0 Å². The van der Waals surface area contributed by atoms with Crippen molar-refractivity contribution in [3.63, 3.8) is 0 Å². The molecular weight excluding hydrogens is 342 g/mol. The van der Waals surface area contributed by atoms with Gasteiger partial charge < -0.3 is 20.3 Å². The van der Waals surface area contributed by atoms with E-state index in [1.54, 1.807) is 24.3 Å². The third-order valence-corrected chi connectivity index (χ3v) is 5.59. The molecule has 2 atom stereocenters. The Morgan fingerprint density at radius 2 is 1.93 bits per heavy atom. The number of nitrogens with two attached hydrogens (primary N) is 1. The van der Waals surface area contributed by atoms with Gasteiger partial charge in [0.1, 0.15) is 5.75 Å². The summed E-state index contributed by atoms with van der Waals surface area (Å²) in [6, 6.07) is 7.16. The number of rotatable bonds is 6. The Labute approximate surface area is 161 Å². The average molecular weight is 373 g/mol. The number of carbonyl (C=O) groups is 2. The molecule has 2 fully saturated rings. The summed E-state index contributed by atoms with van der Waals surface area (Å²) >= 11 is 0. The first-order chi connectivity index (χ1) is 13.1. The summed E-state index contributed by atoms with van der Waals surface area (Å²) in [5, 5.41) is 0. The molecule has 1 aromatic rings. The zero-order valence-corrected chi connectivity index (χ0v) is 16.2. The highest BCUT2D eigenvalue weighted by molar-refractivity contribution is 5.94. The molecule has 6 nitrogen and oxygen atoms in total. The van der Waals surface area contributed by atoms with Crippen LogP contribution in [-0.2, 0) is 4.79 Å². The molecule has 3 rings (SSSR count). The molecule has 27 heavy (non-hydrogen) atoms. The van der Waals surface area contributed by atoms with E-state index in [9.17, 15) is 9.59 Å². The predicted molar refractivity (Wildman–Crippen MR) is 105 cm³/mol. The summed E-state index contributed by atoms with van der Waals surface area (Å²) in [6.45, 7) is 5.10. The van der Waals surface area contributed by atoms with E-state index in [2.05, 4.69) is 6.92 Å². The van der Waals surface area contributed by atoms with Crippen LogP contribution in [0.3, 0.4) is 0 Å². The SMILES string of the molecule is CCC[C@@H]1CN(C(=O)c2cccc(OCC(=O)N3CCCCC3)c2)C[C@H]1N. The Morgan fingerprint density at radius 1 is 1.15 bits per heavy atom. The zero-order valence-electron chi connectivity index (χ0n) is 16.2. The van der Waals surface area contributed by atoms with Gasteiger partial charge in [-0.1, -0.05) is 19.4 Å². The summed E-state index contributed by atoms with van der Waals surface area (Å²) in [5.74, 6) is 0.927. The summed E-state index contributed by atoms with van der Waals surface area (Å²) in [6.07, 6.45) is 5.44. The number of benzene rings is 1. The minimum absolute atomic E-state index is 0.0133. The summed E-state index contributed by atoms with van der Waals surface area (Å²) in [5.41, 5.74) is 6.78. The van der Waals surface area contributed by atoms with Crippen LogP contribution >= 0.6 is 0 Å². The van der Waals surface area contributed by atoms with E-state index < -0.39 is 0 Å². The van der Waals surface area contributed by atoms with E-state index in [1.165, 1.54) is 6.42 Å². The molecule has 0 aromatic heterocycles. The molecule has 0 spiro atoms. The van der Waals surface area contributed by atoms with Gasteiger partial charge in [0.05, 0.1) is 0 Å². The number of nitrogens with zero attached hydrogens (tertiary/aromatic N) is 2. The van der Waals surface area contributed by atoms with E-state index in [4.69, 9.17) is 10.5 Å². The highest BCUT2D eigenvalue weighted by Gasteiger charge is 2.32. The normalized spacial score (nSPS) is 22.7. The molecular formula is C21H31N3O3. The third-order valence-electron chi connectivity index (χ3n) is 5.59. The van der Waals surface area contributed by atoms with Crippen molar-refractivity contribution >= 4 is 11.8 Å². The van der Waals surface area contributed by atoms with Crippen molar-refractivity contribution in [2.24, 2.45) is 11.7 Å². The van der Waals surface area contributed by atoms with Gasteiger partial charge >= 0.3 is 0 Å². The standard InChI is InChI=1S/C21H31N3O3/c1-2-7-17-13-24(14-19(17)22)21(26)16-8-6-9-18(12-16)27-15-20(25)23-10-4-3-5-11-23/h6,8-9,12,17,19H,2-5,7,10-11,13-15,22H2,1H3/t17-,19-/m1/s1. The maximum atomic E-state index is 12.8. The topological polar surface area (TPSA) is 75.9 Å². The first-order valence-corrected chi connectivity index (χ1v) is 10.1. The van der Waals surface area contributed by atoms with Gasteiger partial charge in [0, 0.05) is 37.8 Å². The molecule has 2 aliphatic heterocycles. The molecule has 0 radical (unpaired) electrons. The molecule has 0 saturated carbocycles. The Balaban J connectivity index is 1.56. The van der Waals surface area contributed by atoms with Crippen molar-refractivity contribution in [2.75, 3.05) is 32.8 Å². The fourth-order valence-electron chi connectivity index (χ4n) is 4.02. The third kappa shape index (κ3) is 5.01. The van der Waals surface area contributed by atoms with Crippen molar-refractivity contribution in [3.8, 4) is 5.75 Å². The maximum Gasteiger partial charge on any atom is 0.260 e. The van der Waals surface area contributed by atoms with Crippen LogP contribution in [0.15, 0.2) is 24.3 Å². The van der Waals surface area contributed by atoms with Crippen molar-refractivity contribution in [2.45, 2.75) is 45.1 Å². The smallest absolute Gasteiger partial charge is 0.260 e. The molecule has 2 amide bonds. The fraction of sp³-hybridized carbons (Fsp3) is 0.619. The zero-order chi connectivity index (χ0) is 19.2. The lowest BCUT2D eigenvalue weighted by atomic mass is 9.99. The van der Waals surface area contributed by atoms with Crippen LogP contribution < -0.4 is 10.5 Å². The van der Waals surface area contributed by atoms with Gasteiger partial charge in [-0.25, -0.2) is 0 Å². The largest absolute Gasteiger partial charge is 0.484 e. The second-order valence-corrected chi connectivity index (χ2v) is 7.68. The van der Waals surface area contributed by atoms with Crippen LogP contribution in [0.2, 0.25) is 0 Å². The number of hydrogen-bond acceptors (Lipinski definition) is 4. The predicted octanol–water partition coefficient (Wildman–Crippen LogP) is 2.28. The molecule has 6 heteroatoms. The average Bonchev–Trinajstić information content (AvgIpc) is 3.07. The Hall–Kier alpha value is -2.08. The van der Waals surface area contributed by atoms with Crippen molar-refractivity contribution in [1.82, 2.24) is 9.80 Å². The maximum absolute atomic E-state index is 12.8. The molecule has 0 bridgehead atoms. The monoisotopic (exact) mass is 373 g/mol. The first-order valence-electron chi connectivity index (χ1n) is 10.1. The summed E-state index contributed by atoms with van der Waals surface area (Å²) in [4.78, 5) is 28.8. The Morgan fingerprint density at radius 3 is 2.67 bits per heavy atom. The van der Waals surface area contributed by atoms with Crippen molar-refractivity contribution in [3.05, 3.63) is 29.8 Å². The van der Waals surface area contributed by atoms with Gasteiger partial charge in [-0.05, 0) is 49.8 Å². The minimum Gasteiger partial charge on any atom is -0.484 e. The van der Waals surface area contributed by atoms with Crippen LogP contribution in [0.1, 0.15) is 49.4 Å². The molecule has 2 aliphatic rings. The van der Waals surface area contributed by atoms with E-state index in [1.807, 2.05) is 9.80 Å². The lowest BCUT2D eigenvalue weighted by molar-refractivity contribution is -0.134. The number of likely N-dealkylation sites (tertiary alicyclic amines) is 2. The first kappa shape index (κ1) is 19.7. The molecule has 2 heterocycles. The highest BCUT2D eigenvalue weighted by atomic mass is 16.5. The lowest BCUT2D eigenvalue weighted by Crippen LogP contribution is -2.38. The second-order valence-electron chi connectivity index (χ2n) is 7.68. The van der Waals surface area contributed by atoms with Gasteiger partial charge in [0.25, 0.3) is 11.8 Å². The molecule has 1 aromatic carbocycles. The second kappa shape index (κ2) is 9.22. The number of hydrogen-bond donors (Lipinski definition) is 1. The van der Waals surface area contributed by atoms with Gasteiger partial charge in [-0.2, -0.15) is 0 Å². The quantitative estimate of drug-likeness (QED) is 0.830. The summed E-state index contributed by atoms with van der Waals surface area (Å²) < 4.78 is 5.67. The van der Waals surface area contributed by atoms with Crippen LogP contribution in [-0.4, -0.2) is 60.4 Å². The van der Waals surface area contributed by atoms with E-state index >= 15 is 0 Å². The summed E-state index contributed by atoms with van der Waals surface area (Å²) in [7, 11) is 0. The van der Waals surface area contributed by atoms with Crippen LogP contribution in [0.5, 0.6) is 5.75 Å². The molecule has 2 N–H and O–H groups in total. The minimum atomic E-state index is -0.0168. The Bertz CT molecular complexity index is 658. The number of ether oxygens (including phenoxy) is 1. The van der Waals surface area contributed by atoms with E-state index in [-0.39, 0.29) is 24.5 Å². The number of amides is 2. The lowest BCUT2D eigenvalue weighted by Gasteiger charge is -2.26.